The van der Waals surface area contributed by atoms with Crippen LogP contribution in [0.4, 0.5) is 0 Å². The standard InChI is InChI=1S/C41H20O3/c1-21-5-7-22(8-6-21)9-10-23-11-12-26-28-14-16-30-32-18-20-34-39-33(40(42)44-41(34)43)19-17-31(38(32)39)29-15-13-27(36(28)37(29)30)25-4-2-3-24(23)35(25)26/h2-8,11-20H,1H3. The van der Waals surface area contributed by atoms with Gasteiger partial charge in [0.1, 0.15) is 0 Å². The number of carbonyl (C=O) groups is 2. The van der Waals surface area contributed by atoms with E-state index in [1.54, 1.807) is 12.1 Å². The second kappa shape index (κ2) is 8.10. The number of benzene rings is 9. The molecule has 0 bridgehead atoms. The molecule has 10 rings (SSSR count). The number of aryl methyl sites for hydroxylation is 1. The molecule has 9 aromatic rings. The van der Waals surface area contributed by atoms with Crippen molar-refractivity contribution < 1.29 is 14.3 Å². The minimum Gasteiger partial charge on any atom is -0.386 e. The number of cyclic esters (lactones) is 2. The smallest absolute Gasteiger partial charge is 0.346 e. The summed E-state index contributed by atoms with van der Waals surface area (Å²) in [5.41, 5.74) is 4.12. The molecule has 3 nitrogen and oxygen atoms in total. The number of carbonyl (C=O) groups excluding carboxylic acids is 2. The van der Waals surface area contributed by atoms with E-state index in [4.69, 9.17) is 4.74 Å². The Morgan fingerprint density at radius 2 is 0.886 bits per heavy atom. The van der Waals surface area contributed by atoms with Crippen molar-refractivity contribution in [1.29, 1.82) is 0 Å². The van der Waals surface area contributed by atoms with E-state index in [-0.39, 0.29) is 0 Å². The zero-order chi connectivity index (χ0) is 29.3. The maximum absolute atomic E-state index is 12.7. The summed E-state index contributed by atoms with van der Waals surface area (Å²) in [4.78, 5) is 25.4. The Morgan fingerprint density at radius 1 is 0.432 bits per heavy atom. The second-order valence-corrected chi connectivity index (χ2v) is 11.8. The first-order valence-electron chi connectivity index (χ1n) is 14.7. The normalized spacial score (nSPS) is 13.2. The summed E-state index contributed by atoms with van der Waals surface area (Å²) in [5, 5.41) is 15.5. The summed E-state index contributed by atoms with van der Waals surface area (Å²) in [6.07, 6.45) is 0. The highest BCUT2D eigenvalue weighted by Crippen LogP contribution is 2.48. The summed E-state index contributed by atoms with van der Waals surface area (Å²) >= 11 is 0. The average Bonchev–Trinajstić information content (AvgIpc) is 3.05. The van der Waals surface area contributed by atoms with Crippen molar-refractivity contribution in [1.82, 2.24) is 0 Å². The lowest BCUT2D eigenvalue weighted by molar-refractivity contribution is 0.0391. The Labute approximate surface area is 250 Å². The zero-order valence-corrected chi connectivity index (χ0v) is 23.5. The van der Waals surface area contributed by atoms with Gasteiger partial charge >= 0.3 is 11.9 Å². The number of hydrogen-bond donors (Lipinski definition) is 0. The fourth-order valence-electron chi connectivity index (χ4n) is 7.61. The highest BCUT2D eigenvalue weighted by atomic mass is 16.6. The summed E-state index contributed by atoms with van der Waals surface area (Å²) in [7, 11) is 0. The molecule has 1 aliphatic rings. The van der Waals surface area contributed by atoms with E-state index in [9.17, 15) is 9.59 Å². The summed E-state index contributed by atoms with van der Waals surface area (Å²) in [6.45, 7) is 2.08. The van der Waals surface area contributed by atoms with Crippen LogP contribution < -0.4 is 0 Å². The van der Waals surface area contributed by atoms with E-state index >= 15 is 0 Å². The molecule has 1 aliphatic heterocycles. The molecule has 0 spiro atoms. The van der Waals surface area contributed by atoms with Gasteiger partial charge in [-0.1, -0.05) is 90.2 Å². The van der Waals surface area contributed by atoms with Gasteiger partial charge in [0, 0.05) is 16.5 Å². The zero-order valence-electron chi connectivity index (χ0n) is 23.5. The number of ether oxygens (including phenoxy) is 1. The molecular weight excluding hydrogens is 540 g/mol. The maximum Gasteiger partial charge on any atom is 0.346 e. The largest absolute Gasteiger partial charge is 0.386 e. The molecule has 0 saturated carbocycles. The van der Waals surface area contributed by atoms with Gasteiger partial charge in [-0.05, 0) is 107 Å². The molecule has 9 aromatic carbocycles. The van der Waals surface area contributed by atoms with Crippen LogP contribution in [-0.2, 0) is 4.74 Å². The molecule has 0 unspecified atom stereocenters. The lowest BCUT2D eigenvalue weighted by Crippen LogP contribution is -2.19. The Morgan fingerprint density at radius 3 is 1.48 bits per heavy atom. The van der Waals surface area contributed by atoms with Crippen molar-refractivity contribution in [3.8, 4) is 11.8 Å². The van der Waals surface area contributed by atoms with Crippen LogP contribution in [0.1, 0.15) is 37.4 Å². The number of esters is 2. The van der Waals surface area contributed by atoms with E-state index in [0.29, 0.717) is 16.5 Å². The van der Waals surface area contributed by atoms with Crippen molar-refractivity contribution in [3.63, 3.8) is 0 Å². The van der Waals surface area contributed by atoms with Crippen molar-refractivity contribution >= 4 is 87.3 Å². The van der Waals surface area contributed by atoms with E-state index < -0.39 is 11.9 Å². The number of rotatable bonds is 0. The van der Waals surface area contributed by atoms with Gasteiger partial charge in [0.05, 0.1) is 11.1 Å². The van der Waals surface area contributed by atoms with Gasteiger partial charge in [-0.2, -0.15) is 0 Å². The topological polar surface area (TPSA) is 43.4 Å². The van der Waals surface area contributed by atoms with E-state index in [1.807, 2.05) is 12.1 Å². The Balaban J connectivity index is 1.33. The molecule has 0 amide bonds. The third-order valence-corrected chi connectivity index (χ3v) is 9.54. The fourth-order valence-corrected chi connectivity index (χ4v) is 7.61. The lowest BCUT2D eigenvalue weighted by atomic mass is 9.82. The molecule has 3 heteroatoms. The Kier molecular flexibility index (Phi) is 4.34. The van der Waals surface area contributed by atoms with E-state index in [2.05, 4.69) is 97.6 Å². The van der Waals surface area contributed by atoms with Crippen LogP contribution in [0, 0.1) is 18.8 Å². The van der Waals surface area contributed by atoms with Gasteiger partial charge in [0.2, 0.25) is 0 Å². The van der Waals surface area contributed by atoms with Gasteiger partial charge < -0.3 is 4.74 Å². The molecule has 202 valence electrons. The third kappa shape index (κ3) is 2.87. The molecular formula is C41H20O3. The molecule has 0 atom stereocenters. The van der Waals surface area contributed by atoms with E-state index in [0.717, 1.165) is 43.4 Å². The molecule has 0 fully saturated rings. The van der Waals surface area contributed by atoms with Crippen LogP contribution in [0.25, 0.3) is 75.4 Å². The summed E-state index contributed by atoms with van der Waals surface area (Å²) < 4.78 is 5.04. The molecule has 0 radical (unpaired) electrons. The fraction of sp³-hybridized carbons (Fsp3) is 0.0244. The summed E-state index contributed by atoms with van der Waals surface area (Å²) in [5.74, 6) is 5.64. The minimum absolute atomic E-state index is 0.441. The van der Waals surface area contributed by atoms with Crippen molar-refractivity contribution in [2.45, 2.75) is 6.92 Å². The third-order valence-electron chi connectivity index (χ3n) is 9.54. The first kappa shape index (κ1) is 23.6. The van der Waals surface area contributed by atoms with Crippen molar-refractivity contribution in [2.24, 2.45) is 0 Å². The number of hydrogen-bond acceptors (Lipinski definition) is 3. The monoisotopic (exact) mass is 560 g/mol. The average molecular weight is 561 g/mol. The second-order valence-electron chi connectivity index (χ2n) is 11.8. The molecule has 0 aromatic heterocycles. The van der Waals surface area contributed by atoms with E-state index in [1.165, 1.54) is 43.3 Å². The SMILES string of the molecule is Cc1ccc(C#Cc2ccc3c4ccc5c6ccc7c8c(ccc(c9ccc(c%10cccc2c%103)c4c95)c86)C(=O)OC7=O)cc1. The molecule has 44 heavy (non-hydrogen) atoms. The van der Waals surface area contributed by atoms with Crippen LogP contribution >= 0.6 is 0 Å². The first-order valence-corrected chi connectivity index (χ1v) is 14.7. The minimum atomic E-state index is -0.588. The van der Waals surface area contributed by atoms with Crippen LogP contribution in [-0.4, -0.2) is 11.9 Å². The Bertz CT molecular complexity index is 2710. The van der Waals surface area contributed by atoms with Gasteiger partial charge in [0.15, 0.2) is 0 Å². The predicted octanol–water partition coefficient (Wildman–Crippen LogP) is 9.65. The maximum atomic E-state index is 12.7. The van der Waals surface area contributed by atoms with Crippen LogP contribution in [0.2, 0.25) is 0 Å². The highest BCUT2D eigenvalue weighted by molar-refractivity contribution is 6.43. The molecule has 0 saturated heterocycles. The van der Waals surface area contributed by atoms with Crippen LogP contribution in [0.3, 0.4) is 0 Å². The van der Waals surface area contributed by atoms with Crippen LogP contribution in [0.5, 0.6) is 0 Å². The number of fused-ring (bicyclic) bond motifs is 4. The molecule has 1 heterocycles. The van der Waals surface area contributed by atoms with Crippen LogP contribution in [0.15, 0.2) is 103 Å². The van der Waals surface area contributed by atoms with Gasteiger partial charge in [-0.15, -0.1) is 0 Å². The van der Waals surface area contributed by atoms with Crippen molar-refractivity contribution in [3.05, 3.63) is 131 Å². The van der Waals surface area contributed by atoms with Gasteiger partial charge in [0.25, 0.3) is 0 Å². The van der Waals surface area contributed by atoms with Gasteiger partial charge in [-0.25, -0.2) is 9.59 Å². The molecule has 0 aliphatic carbocycles. The molecule has 0 N–H and O–H groups in total. The van der Waals surface area contributed by atoms with Crippen molar-refractivity contribution in [2.75, 3.05) is 0 Å². The lowest BCUT2D eigenvalue weighted by Gasteiger charge is -2.22. The highest BCUT2D eigenvalue weighted by Gasteiger charge is 2.30. The summed E-state index contributed by atoms with van der Waals surface area (Å²) in [6, 6.07) is 35.7. The Hall–Kier alpha value is -5.98. The first-order chi connectivity index (χ1) is 21.6. The predicted molar refractivity (Wildman–Crippen MR) is 178 cm³/mol. The van der Waals surface area contributed by atoms with Gasteiger partial charge in [-0.3, -0.25) is 0 Å². The quantitative estimate of drug-likeness (QED) is 0.0610.